The molecule has 0 bridgehead atoms. The van der Waals surface area contributed by atoms with Crippen LogP contribution in [0.25, 0.3) is 0 Å². The van der Waals surface area contributed by atoms with E-state index in [-0.39, 0.29) is 12.8 Å². The first-order valence-corrected chi connectivity index (χ1v) is 26.6. The van der Waals surface area contributed by atoms with E-state index in [1.165, 1.54) is 0 Å². The van der Waals surface area contributed by atoms with E-state index in [1.54, 1.807) is 0 Å². The van der Waals surface area contributed by atoms with E-state index >= 15 is 0 Å². The lowest BCUT2D eigenvalue weighted by atomic mass is 9.79. The third-order valence-corrected chi connectivity index (χ3v) is 11.1. The third kappa shape index (κ3) is 15.8. The van der Waals surface area contributed by atoms with Gasteiger partial charge in [-0.2, -0.15) is 0 Å². The minimum Gasteiger partial charge on any atom is -0.326 e. The summed E-state index contributed by atoms with van der Waals surface area (Å²) < 4.78 is 170. The molecule has 0 aromatic rings. The highest BCUT2D eigenvalue weighted by Crippen LogP contribution is 2.68. The lowest BCUT2D eigenvalue weighted by Gasteiger charge is -2.59. The smallest absolute Gasteiger partial charge is 0.326 e. The van der Waals surface area contributed by atoms with Gasteiger partial charge in [0, 0.05) is 0 Å². The molecule has 0 aliphatic rings. The molecule has 0 heterocycles. The van der Waals surface area contributed by atoms with Crippen LogP contribution in [-0.2, 0) is 90.9 Å². The lowest BCUT2D eigenvalue weighted by molar-refractivity contribution is -0.501. The van der Waals surface area contributed by atoms with Gasteiger partial charge in [0.2, 0.25) is 0 Å². The van der Waals surface area contributed by atoms with Crippen molar-refractivity contribution in [3.8, 4) is 0 Å². The van der Waals surface area contributed by atoms with Gasteiger partial charge in [0.05, 0.1) is 0 Å². The molecule has 0 saturated heterocycles. The minimum atomic E-state index is -5.57. The van der Waals surface area contributed by atoms with E-state index in [4.69, 9.17) is 13.6 Å². The Balaban J connectivity index is 9.81. The number of rotatable bonds is 31. The highest BCUT2D eigenvalue weighted by Gasteiger charge is 2.88. The van der Waals surface area contributed by atoms with Crippen molar-refractivity contribution in [2.24, 2.45) is 0 Å². The van der Waals surface area contributed by atoms with Crippen LogP contribution in [0.15, 0.2) is 0 Å². The summed E-state index contributed by atoms with van der Waals surface area (Å²) in [5.41, 5.74) is -3.65. The highest BCUT2D eigenvalue weighted by atomic mass is 31.2. The van der Waals surface area contributed by atoms with Crippen LogP contribution in [0, 0.1) is 0 Å². The standard InChI is InChI=1S/C14H40O30P10/c1-3-4-5-6-7-8-9-10(2,35-45(15)16)11(36-46(17)18,37-47(19)20)12(38-48(21)22,39-49(23)24)13(40-50(25)26,41-51(27)28)14(42-52(29)30,43-53(31)32)44-54(33)34/h45-54H,3-9H2,1-2H3,(H,15,16)(H,17,18)(H,19,20)(H,21,22)(H,23,24)(H,25,26)(H,27,28)(H,29,30)(H,31,32)(H,33,34). The van der Waals surface area contributed by atoms with Crippen LogP contribution in [0.1, 0.15) is 58.8 Å². The first kappa shape index (κ1) is 55.5. The predicted octanol–water partition coefficient (Wildman–Crippen LogP) is 1.22. The second-order valence-corrected chi connectivity index (χ2v) is 17.2. The number of hydrogen-bond donors (Lipinski definition) is 10. The van der Waals surface area contributed by atoms with E-state index in [0.717, 1.165) is 0 Å². The van der Waals surface area contributed by atoms with E-state index in [9.17, 15) is 94.6 Å². The Morgan fingerprint density at radius 1 is 0.352 bits per heavy atom. The van der Waals surface area contributed by atoms with Crippen molar-refractivity contribution in [3.63, 3.8) is 0 Å². The third-order valence-electron chi connectivity index (χ3n) is 6.34. The molecule has 11 atom stereocenters. The Hall–Kier alpha value is 1.50. The summed E-state index contributed by atoms with van der Waals surface area (Å²) in [4.78, 5) is 100.0. The molecule has 30 nitrogen and oxygen atoms in total. The van der Waals surface area contributed by atoms with E-state index in [0.29, 0.717) is 26.2 Å². The van der Waals surface area contributed by atoms with Crippen LogP contribution in [0.4, 0.5) is 0 Å². The Bertz CT molecular complexity index is 1380. The van der Waals surface area contributed by atoms with Gasteiger partial charge < -0.3 is 48.9 Å². The summed E-state index contributed by atoms with van der Waals surface area (Å²) >= 11 is 0. The van der Waals surface area contributed by atoms with Crippen molar-refractivity contribution in [2.45, 2.75) is 87.7 Å². The van der Waals surface area contributed by atoms with Gasteiger partial charge in [-0.05, 0) is 13.3 Å². The Morgan fingerprint density at radius 2 is 0.611 bits per heavy atom. The molecular weight excluding hydrogens is 958 g/mol. The normalized spacial score (nSPS) is 23.7. The van der Waals surface area contributed by atoms with Gasteiger partial charge in [0.1, 0.15) is 5.60 Å². The van der Waals surface area contributed by atoms with Crippen molar-refractivity contribution in [3.05, 3.63) is 0 Å². The monoisotopic (exact) mass is 998 g/mol. The van der Waals surface area contributed by atoms with Crippen molar-refractivity contribution < 1.29 is 140 Å². The van der Waals surface area contributed by atoms with Crippen LogP contribution in [-0.4, -0.2) is 77.9 Å². The van der Waals surface area contributed by atoms with Crippen LogP contribution in [0.3, 0.4) is 0 Å². The van der Waals surface area contributed by atoms with Crippen LogP contribution >= 0.6 is 82.5 Å². The van der Waals surface area contributed by atoms with Gasteiger partial charge in [-0.1, -0.05) is 45.4 Å². The van der Waals surface area contributed by atoms with Crippen LogP contribution in [0.5, 0.6) is 0 Å². The highest BCUT2D eigenvalue weighted by molar-refractivity contribution is 7.35. The molecule has 0 saturated carbocycles. The summed E-state index contributed by atoms with van der Waals surface area (Å²) in [6, 6.07) is 0. The molecule has 0 amide bonds. The SMILES string of the molecule is CCCCCCCCC(C)(O[PH](=O)O)C(O[PH](=O)O)(O[PH](=O)O)C(O[PH](=O)O)(O[PH](=O)O)C(O[PH](=O)O)(O[PH](=O)O)C(O[PH](=O)O)(O[PH](=O)O)O[PH](=O)O. The average molecular weight is 998 g/mol. The number of hydrogen-bond acceptors (Lipinski definition) is 20. The molecular formula is C14H40O30P10. The topological polar surface area (TPSA) is 465 Å². The second-order valence-electron chi connectivity index (χ2n) is 9.83. The number of unbranched alkanes of at least 4 members (excludes halogenated alkanes) is 5. The largest absolute Gasteiger partial charge is 0.368 e. The van der Waals surface area contributed by atoms with Crippen molar-refractivity contribution in [1.82, 2.24) is 0 Å². The zero-order valence-corrected chi connectivity index (χ0v) is 37.1. The maximum atomic E-state index is 12.7. The first-order chi connectivity index (χ1) is 24.7. The molecule has 0 rings (SSSR count). The molecule has 0 aliphatic heterocycles. The second kappa shape index (κ2) is 25.3. The molecule has 54 heavy (non-hydrogen) atoms. The van der Waals surface area contributed by atoms with Gasteiger partial charge in [0.15, 0.2) is 0 Å². The fraction of sp³-hybridized carbons (Fsp3) is 1.00. The van der Waals surface area contributed by atoms with Crippen molar-refractivity contribution >= 4 is 82.5 Å². The summed E-state index contributed by atoms with van der Waals surface area (Å²) in [6.07, 6.45) is 0.392. The first-order valence-electron chi connectivity index (χ1n) is 13.9. The van der Waals surface area contributed by atoms with Gasteiger partial charge in [0.25, 0.3) is 5.79 Å². The maximum Gasteiger partial charge on any atom is 0.368 e. The molecule has 0 spiro atoms. The van der Waals surface area contributed by atoms with Crippen LogP contribution in [0.2, 0.25) is 0 Å². The van der Waals surface area contributed by atoms with Crippen LogP contribution < -0.4 is 0 Å². The quantitative estimate of drug-likeness (QED) is 0.0265. The summed E-state index contributed by atoms with van der Waals surface area (Å²) in [7, 11) is -53.0. The fourth-order valence-corrected chi connectivity index (χ4v) is 10.7. The van der Waals surface area contributed by atoms with E-state index in [1.807, 2.05) is 6.92 Å². The zero-order chi connectivity index (χ0) is 42.3. The molecule has 40 heteroatoms. The van der Waals surface area contributed by atoms with Gasteiger partial charge in [-0.25, -0.2) is 13.6 Å². The molecule has 0 radical (unpaired) electrons. The van der Waals surface area contributed by atoms with Gasteiger partial charge >= 0.3 is 100 Å². The fourth-order valence-electron chi connectivity index (χ4n) is 4.77. The van der Waals surface area contributed by atoms with Gasteiger partial charge in [-0.3, -0.25) is 77.3 Å². The van der Waals surface area contributed by atoms with E-state index in [2.05, 4.69) is 31.7 Å². The summed E-state index contributed by atoms with van der Waals surface area (Å²) in [5, 5.41) is 0. The van der Waals surface area contributed by atoms with Crippen molar-refractivity contribution in [2.75, 3.05) is 0 Å². The van der Waals surface area contributed by atoms with Gasteiger partial charge in [-0.15, -0.1) is 0 Å². The minimum absolute atomic E-state index is 0.0243. The average Bonchev–Trinajstić information content (AvgIpc) is 2.94. The molecule has 326 valence electrons. The van der Waals surface area contributed by atoms with Crippen molar-refractivity contribution in [1.29, 1.82) is 0 Å². The van der Waals surface area contributed by atoms with E-state index < -0.39 is 124 Å². The predicted molar refractivity (Wildman–Crippen MR) is 180 cm³/mol. The Kier molecular flexibility index (Phi) is 26.0. The lowest BCUT2D eigenvalue weighted by Crippen LogP contribution is -2.83. The molecule has 0 aromatic carbocycles. The summed E-state index contributed by atoms with van der Waals surface area (Å²) in [6.45, 7) is 2.14. The maximum absolute atomic E-state index is 12.7. The molecule has 10 N–H and O–H groups in total. The zero-order valence-electron chi connectivity index (χ0n) is 27.1. The molecule has 11 unspecified atom stereocenters. The Labute approximate surface area is 309 Å². The molecule has 0 fully saturated rings. The molecule has 0 aromatic heterocycles. The molecule has 0 aliphatic carbocycles. The Morgan fingerprint density at radius 3 is 0.907 bits per heavy atom. The summed E-state index contributed by atoms with van der Waals surface area (Å²) in [5.74, 6) is -21.3.